The molecule has 0 saturated carbocycles. The molecule has 1 aromatic heterocycles. The van der Waals surface area contributed by atoms with Crippen molar-refractivity contribution in [2.75, 3.05) is 26.9 Å². The summed E-state index contributed by atoms with van der Waals surface area (Å²) >= 11 is 3.44. The van der Waals surface area contributed by atoms with Crippen LogP contribution in [0.4, 0.5) is 0 Å². The second-order valence-corrected chi connectivity index (χ2v) is 4.78. The highest BCUT2D eigenvalue weighted by Gasteiger charge is 2.08. The molecule has 0 saturated heterocycles. The summed E-state index contributed by atoms with van der Waals surface area (Å²) in [5.41, 5.74) is 1.43. The van der Waals surface area contributed by atoms with Crippen LogP contribution in [0.25, 0.3) is 0 Å². The Morgan fingerprint density at radius 1 is 1.28 bits per heavy atom. The molecule has 0 unspecified atom stereocenters. The Kier molecular flexibility index (Phi) is 6.52. The van der Waals surface area contributed by atoms with Crippen LogP contribution >= 0.6 is 15.9 Å². The van der Waals surface area contributed by atoms with Gasteiger partial charge in [-0.15, -0.1) is 0 Å². The summed E-state index contributed by atoms with van der Waals surface area (Å²) in [7, 11) is 1.64. The summed E-state index contributed by atoms with van der Waals surface area (Å²) < 4.78 is 12.8. The summed E-state index contributed by atoms with van der Waals surface area (Å²) in [6.45, 7) is 6.13. The molecule has 1 heterocycles. The first-order valence-electron chi connectivity index (χ1n) is 5.88. The van der Waals surface area contributed by atoms with Crippen molar-refractivity contribution in [2.45, 2.75) is 26.8 Å². The van der Waals surface area contributed by atoms with Crippen LogP contribution < -0.4 is 5.69 Å². The van der Waals surface area contributed by atoms with Gasteiger partial charge in [-0.2, -0.15) is 4.98 Å². The highest BCUT2D eigenvalue weighted by Crippen LogP contribution is 2.16. The molecule has 0 spiro atoms. The number of nitrogens with zero attached hydrogens (tertiary/aromatic N) is 2. The summed E-state index contributed by atoms with van der Waals surface area (Å²) in [5.74, 6) is 0. The van der Waals surface area contributed by atoms with Gasteiger partial charge in [0.25, 0.3) is 0 Å². The third-order valence-electron chi connectivity index (χ3n) is 2.64. The average Bonchev–Trinajstić information content (AvgIpc) is 2.34. The maximum atomic E-state index is 11.7. The second kappa shape index (κ2) is 7.66. The van der Waals surface area contributed by atoms with E-state index in [1.807, 2.05) is 13.8 Å². The molecule has 0 radical (unpaired) electrons. The van der Waals surface area contributed by atoms with Crippen LogP contribution in [0.2, 0.25) is 0 Å². The minimum Gasteiger partial charge on any atom is -0.382 e. The average molecular weight is 319 g/mol. The Balaban J connectivity index is 2.53. The molecule has 0 amide bonds. The molecule has 0 aliphatic carbocycles. The molecule has 0 bridgehead atoms. The first-order valence-corrected chi connectivity index (χ1v) is 6.67. The molecule has 0 aromatic carbocycles. The lowest BCUT2D eigenvalue weighted by Crippen LogP contribution is -2.27. The first kappa shape index (κ1) is 15.3. The number of halogens is 1. The van der Waals surface area contributed by atoms with E-state index < -0.39 is 0 Å². The molecular weight excluding hydrogens is 300 g/mol. The van der Waals surface area contributed by atoms with Gasteiger partial charge >= 0.3 is 5.69 Å². The van der Waals surface area contributed by atoms with Crippen LogP contribution in [-0.4, -0.2) is 36.5 Å². The molecule has 18 heavy (non-hydrogen) atoms. The predicted molar refractivity (Wildman–Crippen MR) is 73.0 cm³/mol. The van der Waals surface area contributed by atoms with E-state index in [0.29, 0.717) is 26.4 Å². The van der Waals surface area contributed by atoms with Gasteiger partial charge in [0.05, 0.1) is 23.4 Å². The summed E-state index contributed by atoms with van der Waals surface area (Å²) in [4.78, 5) is 15.7. The molecule has 0 fully saturated rings. The quantitative estimate of drug-likeness (QED) is 0.718. The lowest BCUT2D eigenvalue weighted by molar-refractivity contribution is 0.0678. The van der Waals surface area contributed by atoms with Crippen molar-refractivity contribution in [1.82, 2.24) is 9.55 Å². The van der Waals surface area contributed by atoms with Gasteiger partial charge in [-0.1, -0.05) is 0 Å². The molecule has 102 valence electrons. The molecule has 5 nitrogen and oxygen atoms in total. The number of hydrogen-bond donors (Lipinski definition) is 0. The lowest BCUT2D eigenvalue weighted by atomic mass is 10.3. The Bertz CT molecular complexity index is 446. The van der Waals surface area contributed by atoms with Crippen molar-refractivity contribution >= 4 is 15.9 Å². The maximum Gasteiger partial charge on any atom is 0.348 e. The van der Waals surface area contributed by atoms with Gasteiger partial charge in [0.1, 0.15) is 0 Å². The molecular formula is C12H19BrN2O3. The van der Waals surface area contributed by atoms with E-state index in [0.717, 1.165) is 22.3 Å². The van der Waals surface area contributed by atoms with Crippen molar-refractivity contribution in [1.29, 1.82) is 0 Å². The number of rotatable bonds is 7. The van der Waals surface area contributed by atoms with Crippen molar-refractivity contribution in [3.63, 3.8) is 0 Å². The number of hydrogen-bond acceptors (Lipinski definition) is 4. The van der Waals surface area contributed by atoms with E-state index in [-0.39, 0.29) is 5.69 Å². The highest BCUT2D eigenvalue weighted by molar-refractivity contribution is 9.10. The monoisotopic (exact) mass is 318 g/mol. The van der Waals surface area contributed by atoms with E-state index in [2.05, 4.69) is 20.9 Å². The Hall–Kier alpha value is -0.720. The molecule has 6 heteroatoms. The number of ether oxygens (including phenoxy) is 2. The van der Waals surface area contributed by atoms with Crippen molar-refractivity contribution < 1.29 is 9.47 Å². The Morgan fingerprint density at radius 3 is 2.67 bits per heavy atom. The van der Waals surface area contributed by atoms with Gasteiger partial charge in [0.15, 0.2) is 0 Å². The molecule has 0 aliphatic heterocycles. The van der Waals surface area contributed by atoms with Crippen molar-refractivity contribution in [2.24, 2.45) is 0 Å². The summed E-state index contributed by atoms with van der Waals surface area (Å²) in [6.07, 6.45) is 0.779. The SMILES string of the molecule is COCCOCCCn1c(C)c(Br)c(C)nc1=O. The van der Waals surface area contributed by atoms with Crippen LogP contribution in [0.15, 0.2) is 9.27 Å². The molecule has 1 rings (SSSR count). The van der Waals surface area contributed by atoms with Gasteiger partial charge in [-0.3, -0.25) is 4.57 Å². The van der Waals surface area contributed by atoms with E-state index in [1.165, 1.54) is 0 Å². The zero-order chi connectivity index (χ0) is 13.5. The predicted octanol–water partition coefficient (Wildman–Crippen LogP) is 1.68. The first-order chi connectivity index (χ1) is 8.57. The van der Waals surface area contributed by atoms with Crippen LogP contribution in [-0.2, 0) is 16.0 Å². The molecule has 1 aromatic rings. The van der Waals surface area contributed by atoms with E-state index in [4.69, 9.17) is 9.47 Å². The maximum absolute atomic E-state index is 11.7. The third-order valence-corrected chi connectivity index (χ3v) is 3.78. The zero-order valence-electron chi connectivity index (χ0n) is 11.0. The van der Waals surface area contributed by atoms with E-state index in [1.54, 1.807) is 11.7 Å². The van der Waals surface area contributed by atoms with Gasteiger partial charge in [-0.25, -0.2) is 4.79 Å². The van der Waals surface area contributed by atoms with Crippen LogP contribution in [0.3, 0.4) is 0 Å². The normalized spacial score (nSPS) is 10.9. The fraction of sp³-hybridized carbons (Fsp3) is 0.667. The number of methoxy groups -OCH3 is 1. The molecule has 0 aliphatic rings. The fourth-order valence-electron chi connectivity index (χ4n) is 1.61. The van der Waals surface area contributed by atoms with Gasteiger partial charge in [-0.05, 0) is 36.2 Å². The van der Waals surface area contributed by atoms with Gasteiger partial charge < -0.3 is 9.47 Å². The Labute approximate surface area is 115 Å². The van der Waals surface area contributed by atoms with Crippen LogP contribution in [0, 0.1) is 13.8 Å². The smallest absolute Gasteiger partial charge is 0.348 e. The van der Waals surface area contributed by atoms with Gasteiger partial charge in [0.2, 0.25) is 0 Å². The van der Waals surface area contributed by atoms with Gasteiger partial charge in [0, 0.05) is 26.0 Å². The number of aryl methyl sites for hydroxylation is 1. The minimum absolute atomic E-state index is 0.204. The van der Waals surface area contributed by atoms with Crippen molar-refractivity contribution in [3.05, 3.63) is 26.3 Å². The fourth-order valence-corrected chi connectivity index (χ4v) is 1.91. The van der Waals surface area contributed by atoms with Crippen LogP contribution in [0.1, 0.15) is 17.8 Å². The summed E-state index contributed by atoms with van der Waals surface area (Å²) in [6, 6.07) is 0. The Morgan fingerprint density at radius 2 is 2.00 bits per heavy atom. The zero-order valence-corrected chi connectivity index (χ0v) is 12.6. The lowest BCUT2D eigenvalue weighted by Gasteiger charge is -2.12. The molecule has 0 atom stereocenters. The van der Waals surface area contributed by atoms with E-state index >= 15 is 0 Å². The van der Waals surface area contributed by atoms with Crippen molar-refractivity contribution in [3.8, 4) is 0 Å². The van der Waals surface area contributed by atoms with E-state index in [9.17, 15) is 4.79 Å². The largest absolute Gasteiger partial charge is 0.382 e. The third kappa shape index (κ3) is 4.19. The molecule has 0 N–H and O–H groups in total. The van der Waals surface area contributed by atoms with Crippen LogP contribution in [0.5, 0.6) is 0 Å². The highest BCUT2D eigenvalue weighted by atomic mass is 79.9. The second-order valence-electron chi connectivity index (χ2n) is 3.99. The number of aromatic nitrogens is 2. The summed E-state index contributed by atoms with van der Waals surface area (Å²) in [5, 5.41) is 0. The topological polar surface area (TPSA) is 53.4 Å². The minimum atomic E-state index is -0.204. The standard InChI is InChI=1S/C12H19BrN2O3/c1-9-11(13)10(2)15(12(16)14-9)5-4-6-18-8-7-17-3/h4-8H2,1-3H3.